The van der Waals surface area contributed by atoms with Crippen LogP contribution in [0.15, 0.2) is 24.3 Å². The number of piperidine rings is 1. The molecule has 17 heavy (non-hydrogen) atoms. The first-order chi connectivity index (χ1) is 8.29. The van der Waals surface area contributed by atoms with Crippen molar-refractivity contribution in [1.82, 2.24) is 10.6 Å². The Bertz CT molecular complexity index is 386. The maximum atomic E-state index is 12.0. The van der Waals surface area contributed by atoms with Gasteiger partial charge < -0.3 is 16.4 Å². The van der Waals surface area contributed by atoms with Gasteiger partial charge in [-0.1, -0.05) is 12.1 Å². The molecule has 1 aromatic rings. The summed E-state index contributed by atoms with van der Waals surface area (Å²) in [5.74, 6) is -0.00556. The molecule has 0 saturated carbocycles. The first-order valence-corrected chi connectivity index (χ1v) is 6.10. The Hall–Kier alpha value is -1.39. The van der Waals surface area contributed by atoms with Crippen molar-refractivity contribution in [2.45, 2.75) is 25.4 Å². The Morgan fingerprint density at radius 3 is 3.12 bits per heavy atom. The quantitative estimate of drug-likeness (QED) is 0.717. The van der Waals surface area contributed by atoms with Crippen LogP contribution < -0.4 is 16.4 Å². The lowest BCUT2D eigenvalue weighted by molar-refractivity contribution is 0.0930. The van der Waals surface area contributed by atoms with Gasteiger partial charge in [0.05, 0.1) is 0 Å². The number of hydrogen-bond donors (Lipinski definition) is 3. The van der Waals surface area contributed by atoms with Crippen LogP contribution in [0, 0.1) is 0 Å². The van der Waals surface area contributed by atoms with E-state index in [1.54, 1.807) is 0 Å². The molecule has 0 aromatic heterocycles. The minimum atomic E-state index is -0.00556. The fraction of sp³-hybridized carbons (Fsp3) is 0.462. The summed E-state index contributed by atoms with van der Waals surface area (Å²) in [6, 6.07) is 7.73. The van der Waals surface area contributed by atoms with Gasteiger partial charge >= 0.3 is 0 Å². The Balaban J connectivity index is 1.98. The third kappa shape index (κ3) is 3.28. The molecular weight excluding hydrogens is 214 g/mol. The molecule has 1 aromatic carbocycles. The van der Waals surface area contributed by atoms with Gasteiger partial charge in [0, 0.05) is 24.7 Å². The van der Waals surface area contributed by atoms with Gasteiger partial charge in [-0.05, 0) is 37.1 Å². The molecule has 1 aliphatic rings. The van der Waals surface area contributed by atoms with Crippen molar-refractivity contribution in [2.75, 3.05) is 13.1 Å². The summed E-state index contributed by atoms with van der Waals surface area (Å²) in [6.07, 6.45) is 2.17. The predicted octanol–water partition coefficient (Wildman–Crippen LogP) is 0.627. The molecule has 1 amide bonds. The maximum absolute atomic E-state index is 12.0. The normalized spacial score (nSPS) is 19.9. The number of carbonyl (C=O) groups is 1. The smallest absolute Gasteiger partial charge is 0.251 e. The first-order valence-electron chi connectivity index (χ1n) is 6.10. The number of carbonyl (C=O) groups excluding carboxylic acids is 1. The average Bonchev–Trinajstić information content (AvgIpc) is 2.40. The number of hydrogen-bond acceptors (Lipinski definition) is 3. The second kappa shape index (κ2) is 5.80. The predicted molar refractivity (Wildman–Crippen MR) is 67.7 cm³/mol. The van der Waals surface area contributed by atoms with Crippen LogP contribution in [0.2, 0.25) is 0 Å². The highest BCUT2D eigenvalue weighted by Crippen LogP contribution is 2.07. The van der Waals surface area contributed by atoms with Crippen molar-refractivity contribution in [2.24, 2.45) is 5.73 Å². The van der Waals surface area contributed by atoms with Crippen LogP contribution in [0.1, 0.15) is 28.8 Å². The summed E-state index contributed by atoms with van der Waals surface area (Å²) in [5.41, 5.74) is 7.24. The van der Waals surface area contributed by atoms with Crippen molar-refractivity contribution >= 4 is 5.91 Å². The van der Waals surface area contributed by atoms with Gasteiger partial charge in [-0.2, -0.15) is 0 Å². The Morgan fingerprint density at radius 1 is 1.53 bits per heavy atom. The lowest BCUT2D eigenvalue weighted by Crippen LogP contribution is -2.45. The second-order valence-corrected chi connectivity index (χ2v) is 4.42. The molecule has 0 spiro atoms. The van der Waals surface area contributed by atoms with Gasteiger partial charge in [0.1, 0.15) is 0 Å². The highest BCUT2D eigenvalue weighted by molar-refractivity contribution is 5.94. The van der Waals surface area contributed by atoms with Crippen LogP contribution in [0.3, 0.4) is 0 Å². The molecule has 1 atom stereocenters. The molecule has 0 aliphatic carbocycles. The van der Waals surface area contributed by atoms with E-state index in [1.165, 1.54) is 0 Å². The second-order valence-electron chi connectivity index (χ2n) is 4.42. The zero-order chi connectivity index (χ0) is 12.1. The molecule has 1 fully saturated rings. The summed E-state index contributed by atoms with van der Waals surface area (Å²) in [6.45, 7) is 2.38. The number of benzene rings is 1. The standard InChI is InChI=1S/C13H19N3O/c14-8-10-3-1-4-11(7-10)13(17)16-12-5-2-6-15-9-12/h1,3-4,7,12,15H,2,5-6,8-9,14H2,(H,16,17)/t12-/m0/s1. The highest BCUT2D eigenvalue weighted by atomic mass is 16.1. The molecule has 1 heterocycles. The topological polar surface area (TPSA) is 67.2 Å². The highest BCUT2D eigenvalue weighted by Gasteiger charge is 2.16. The van der Waals surface area contributed by atoms with E-state index < -0.39 is 0 Å². The van der Waals surface area contributed by atoms with Gasteiger partial charge in [-0.25, -0.2) is 0 Å². The van der Waals surface area contributed by atoms with E-state index in [2.05, 4.69) is 10.6 Å². The van der Waals surface area contributed by atoms with Crippen LogP contribution in [0.5, 0.6) is 0 Å². The van der Waals surface area contributed by atoms with Gasteiger partial charge in [-0.3, -0.25) is 4.79 Å². The van der Waals surface area contributed by atoms with E-state index in [0.29, 0.717) is 12.1 Å². The van der Waals surface area contributed by atoms with Crippen LogP contribution in [-0.2, 0) is 6.54 Å². The van der Waals surface area contributed by atoms with Gasteiger partial charge in [-0.15, -0.1) is 0 Å². The summed E-state index contributed by atoms with van der Waals surface area (Å²) in [5, 5.41) is 6.32. The SMILES string of the molecule is NCc1cccc(C(=O)N[C@H]2CCCNC2)c1. The third-order valence-corrected chi connectivity index (χ3v) is 3.06. The molecule has 1 saturated heterocycles. The Labute approximate surface area is 102 Å². The largest absolute Gasteiger partial charge is 0.348 e. The maximum Gasteiger partial charge on any atom is 0.251 e. The van der Waals surface area contributed by atoms with E-state index in [-0.39, 0.29) is 11.9 Å². The van der Waals surface area contributed by atoms with Crippen molar-refractivity contribution in [3.63, 3.8) is 0 Å². The Kier molecular flexibility index (Phi) is 4.12. The van der Waals surface area contributed by atoms with E-state index in [9.17, 15) is 4.79 Å². The Morgan fingerprint density at radius 2 is 2.41 bits per heavy atom. The monoisotopic (exact) mass is 233 g/mol. The summed E-state index contributed by atoms with van der Waals surface area (Å²) >= 11 is 0. The molecule has 4 N–H and O–H groups in total. The van der Waals surface area contributed by atoms with Gasteiger partial charge in [0.2, 0.25) is 0 Å². The van der Waals surface area contributed by atoms with Gasteiger partial charge in [0.15, 0.2) is 0 Å². The molecule has 0 bridgehead atoms. The van der Waals surface area contributed by atoms with Crippen LogP contribution in [-0.4, -0.2) is 25.0 Å². The van der Waals surface area contributed by atoms with Crippen molar-refractivity contribution in [3.8, 4) is 0 Å². The van der Waals surface area contributed by atoms with Crippen LogP contribution in [0.25, 0.3) is 0 Å². The van der Waals surface area contributed by atoms with E-state index in [4.69, 9.17) is 5.73 Å². The summed E-state index contributed by atoms with van der Waals surface area (Å²) < 4.78 is 0. The number of nitrogens with one attached hydrogen (secondary N) is 2. The van der Waals surface area contributed by atoms with E-state index >= 15 is 0 Å². The molecule has 92 valence electrons. The van der Waals surface area contributed by atoms with Crippen LogP contribution in [0.4, 0.5) is 0 Å². The van der Waals surface area contributed by atoms with Crippen molar-refractivity contribution < 1.29 is 4.79 Å². The summed E-state index contributed by atoms with van der Waals surface area (Å²) in [7, 11) is 0. The van der Waals surface area contributed by atoms with E-state index in [0.717, 1.165) is 31.5 Å². The zero-order valence-corrected chi connectivity index (χ0v) is 9.91. The number of amides is 1. The molecule has 2 rings (SSSR count). The van der Waals surface area contributed by atoms with E-state index in [1.807, 2.05) is 24.3 Å². The number of nitrogens with two attached hydrogens (primary N) is 1. The molecular formula is C13H19N3O. The minimum Gasteiger partial charge on any atom is -0.348 e. The lowest BCUT2D eigenvalue weighted by Gasteiger charge is -2.23. The minimum absolute atomic E-state index is 0.00556. The van der Waals surface area contributed by atoms with Crippen LogP contribution >= 0.6 is 0 Å². The van der Waals surface area contributed by atoms with Crippen molar-refractivity contribution in [1.29, 1.82) is 0 Å². The molecule has 0 unspecified atom stereocenters. The zero-order valence-electron chi connectivity index (χ0n) is 9.91. The fourth-order valence-corrected chi connectivity index (χ4v) is 2.08. The van der Waals surface area contributed by atoms with Gasteiger partial charge in [0.25, 0.3) is 5.91 Å². The molecule has 4 nitrogen and oxygen atoms in total. The number of rotatable bonds is 3. The summed E-state index contributed by atoms with van der Waals surface area (Å²) in [4.78, 5) is 12.0. The average molecular weight is 233 g/mol. The third-order valence-electron chi connectivity index (χ3n) is 3.06. The fourth-order valence-electron chi connectivity index (χ4n) is 2.08. The first kappa shape index (κ1) is 12.1. The molecule has 1 aliphatic heterocycles. The lowest BCUT2D eigenvalue weighted by atomic mass is 10.1. The molecule has 4 heteroatoms. The van der Waals surface area contributed by atoms with Crippen molar-refractivity contribution in [3.05, 3.63) is 35.4 Å². The molecule has 0 radical (unpaired) electrons.